The van der Waals surface area contributed by atoms with Crippen LogP contribution in [-0.2, 0) is 26.3 Å². The van der Waals surface area contributed by atoms with Crippen LogP contribution in [0, 0.1) is 30.7 Å². The SMILES string of the molecule is CN(C)c1ccnc(-c2[c-]cc(F)nc2F)c1.FC(F)(F)c1c[c-]c(N2[CH-]N(c3ccccc3)C(c3ccccc3)=N2)cc1.[Ir+3]. The van der Waals surface area contributed by atoms with Crippen LogP contribution in [0.1, 0.15) is 11.1 Å². The maximum atomic E-state index is 13.4. The van der Waals surface area contributed by atoms with Gasteiger partial charge in [0, 0.05) is 37.2 Å². The van der Waals surface area contributed by atoms with Crippen LogP contribution in [0.5, 0.6) is 0 Å². The Bertz CT molecular complexity index is 1730. The van der Waals surface area contributed by atoms with Crippen LogP contribution in [-0.4, -0.2) is 29.9 Å². The van der Waals surface area contributed by atoms with Crippen molar-refractivity contribution < 1.29 is 42.1 Å². The van der Waals surface area contributed by atoms with Crippen LogP contribution in [0.2, 0.25) is 0 Å². The van der Waals surface area contributed by atoms with Gasteiger partial charge >= 0.3 is 26.3 Å². The van der Waals surface area contributed by atoms with Gasteiger partial charge in [-0.1, -0.05) is 77.5 Å². The van der Waals surface area contributed by atoms with E-state index < -0.39 is 23.6 Å². The molecule has 0 unspecified atom stereocenters. The van der Waals surface area contributed by atoms with Crippen LogP contribution in [0.3, 0.4) is 0 Å². The summed E-state index contributed by atoms with van der Waals surface area (Å²) in [6.45, 7) is 1.73. The second-order valence-electron chi connectivity index (χ2n) is 9.60. The minimum Gasteiger partial charge on any atom is -0.456 e. The molecule has 6 nitrogen and oxygen atoms in total. The predicted molar refractivity (Wildman–Crippen MR) is 160 cm³/mol. The second-order valence-corrected chi connectivity index (χ2v) is 9.60. The third-order valence-electron chi connectivity index (χ3n) is 6.36. The average Bonchev–Trinajstić information content (AvgIpc) is 3.48. The van der Waals surface area contributed by atoms with Crippen LogP contribution < -0.4 is 14.8 Å². The molecule has 0 radical (unpaired) electrons. The fraction of sp³-hybridized carbons (Fsp3) is 0.0909. The number of para-hydroxylation sites is 1. The van der Waals surface area contributed by atoms with E-state index in [4.69, 9.17) is 0 Å². The first-order chi connectivity index (χ1) is 21.1. The van der Waals surface area contributed by atoms with Crippen molar-refractivity contribution in [1.82, 2.24) is 9.97 Å². The third-order valence-corrected chi connectivity index (χ3v) is 6.36. The normalized spacial score (nSPS) is 12.6. The molecule has 45 heavy (non-hydrogen) atoms. The largest absolute Gasteiger partial charge is 3.00 e. The fourth-order valence-corrected chi connectivity index (χ4v) is 4.14. The molecule has 230 valence electrons. The number of benzene rings is 3. The van der Waals surface area contributed by atoms with E-state index in [1.807, 2.05) is 84.6 Å². The molecule has 3 aromatic carbocycles. The number of hydrogen-bond acceptors (Lipinski definition) is 6. The van der Waals surface area contributed by atoms with Crippen LogP contribution in [0.4, 0.5) is 39.0 Å². The quantitative estimate of drug-likeness (QED) is 0.104. The molecule has 0 spiro atoms. The number of anilines is 3. The minimum atomic E-state index is -4.39. The molecular formula is C33H24F5IrN6. The maximum Gasteiger partial charge on any atom is 3.00 e. The van der Waals surface area contributed by atoms with Crippen molar-refractivity contribution in [2.75, 3.05) is 28.9 Å². The first-order valence-corrected chi connectivity index (χ1v) is 13.2. The molecule has 1 aliphatic rings. The van der Waals surface area contributed by atoms with Crippen molar-refractivity contribution in [2.45, 2.75) is 6.18 Å². The van der Waals surface area contributed by atoms with Crippen molar-refractivity contribution >= 4 is 22.9 Å². The number of hydrazone groups is 1. The zero-order valence-corrected chi connectivity index (χ0v) is 26.2. The van der Waals surface area contributed by atoms with Crippen molar-refractivity contribution in [3.8, 4) is 11.3 Å². The Kier molecular flexibility index (Phi) is 10.6. The van der Waals surface area contributed by atoms with Crippen LogP contribution >= 0.6 is 0 Å². The Balaban J connectivity index is 0.000000222. The molecule has 12 heteroatoms. The van der Waals surface area contributed by atoms with E-state index in [0.717, 1.165) is 35.1 Å². The molecule has 0 aliphatic carbocycles. The maximum absolute atomic E-state index is 13.4. The standard InChI is InChI=1S/C21H14F3N3.C12H10F2N3.Ir/c22-21(23,24)17-11-13-19(14-12-17)27-15-26(18-9-5-2-6-10-18)20(25-27)16-7-3-1-4-8-16;1-17(2)8-5-6-15-10(7-8)9-3-4-11(13)16-12(9)14;/h1-13,15H;4-7H,1-2H3;/q-2;-1;+3. The molecule has 2 aromatic heterocycles. The topological polar surface area (TPSA) is 47.9 Å². The zero-order valence-electron chi connectivity index (χ0n) is 23.8. The predicted octanol–water partition coefficient (Wildman–Crippen LogP) is 7.60. The van der Waals surface area contributed by atoms with Gasteiger partial charge in [0.1, 0.15) is 17.7 Å². The Labute approximate surface area is 270 Å². The van der Waals surface area contributed by atoms with Crippen molar-refractivity contribution in [1.29, 1.82) is 0 Å². The number of nitrogens with zero attached hydrogens (tertiary/aromatic N) is 6. The Morgan fingerprint density at radius 2 is 1.53 bits per heavy atom. The van der Waals surface area contributed by atoms with E-state index in [2.05, 4.69) is 27.2 Å². The number of rotatable bonds is 5. The van der Waals surface area contributed by atoms with E-state index in [1.54, 1.807) is 25.0 Å². The van der Waals surface area contributed by atoms with Gasteiger partial charge in [-0.3, -0.25) is 4.98 Å². The van der Waals surface area contributed by atoms with E-state index in [1.165, 1.54) is 11.1 Å². The first kappa shape index (κ1) is 33.2. The Hall–Kier alpha value is -4.67. The molecule has 6 rings (SSSR count). The van der Waals surface area contributed by atoms with Crippen LogP contribution in [0.25, 0.3) is 11.3 Å². The fourth-order valence-electron chi connectivity index (χ4n) is 4.14. The smallest absolute Gasteiger partial charge is 0.456 e. The number of amidine groups is 1. The third kappa shape index (κ3) is 8.09. The first-order valence-electron chi connectivity index (χ1n) is 13.2. The van der Waals surface area contributed by atoms with Gasteiger partial charge in [0.2, 0.25) is 0 Å². The van der Waals surface area contributed by atoms with Gasteiger partial charge in [-0.2, -0.15) is 36.5 Å². The molecule has 0 N–H and O–H groups in total. The summed E-state index contributed by atoms with van der Waals surface area (Å²) in [5.74, 6) is -1.13. The molecule has 0 amide bonds. The minimum absolute atomic E-state index is 0. The molecule has 3 heterocycles. The van der Waals surface area contributed by atoms with Gasteiger partial charge in [0.25, 0.3) is 0 Å². The molecule has 0 saturated carbocycles. The second kappa shape index (κ2) is 14.4. The molecule has 5 aromatic rings. The molecule has 0 bridgehead atoms. The van der Waals surface area contributed by atoms with E-state index in [-0.39, 0.29) is 25.7 Å². The summed E-state index contributed by atoms with van der Waals surface area (Å²) >= 11 is 0. The summed E-state index contributed by atoms with van der Waals surface area (Å²) in [6, 6.07) is 32.2. The summed E-state index contributed by atoms with van der Waals surface area (Å²) in [5, 5.41) is 6.11. The molecular weight excluding hydrogens is 768 g/mol. The summed E-state index contributed by atoms with van der Waals surface area (Å²) in [6.07, 6.45) is -2.83. The van der Waals surface area contributed by atoms with Gasteiger partial charge in [-0.25, -0.2) is 8.78 Å². The number of pyridine rings is 2. The number of halogens is 5. The number of aromatic nitrogens is 2. The van der Waals surface area contributed by atoms with E-state index >= 15 is 0 Å². The molecule has 1 aliphatic heterocycles. The van der Waals surface area contributed by atoms with Gasteiger partial charge in [0.15, 0.2) is 0 Å². The van der Waals surface area contributed by atoms with Crippen molar-refractivity contribution in [2.24, 2.45) is 5.10 Å². The zero-order chi connectivity index (χ0) is 31.3. The summed E-state index contributed by atoms with van der Waals surface area (Å²) in [5.41, 5.74) is 2.79. The summed E-state index contributed by atoms with van der Waals surface area (Å²) in [7, 11) is 3.73. The summed E-state index contributed by atoms with van der Waals surface area (Å²) in [4.78, 5) is 10.9. The van der Waals surface area contributed by atoms with E-state index in [9.17, 15) is 22.0 Å². The summed E-state index contributed by atoms with van der Waals surface area (Å²) < 4.78 is 64.5. The van der Waals surface area contributed by atoms with Gasteiger partial charge in [0.05, 0.1) is 0 Å². The average molecular weight is 792 g/mol. The van der Waals surface area contributed by atoms with Gasteiger partial charge in [-0.15, -0.1) is 18.8 Å². The van der Waals surface area contributed by atoms with Gasteiger partial charge < -0.3 is 19.8 Å². The Morgan fingerprint density at radius 1 is 0.844 bits per heavy atom. The molecule has 0 saturated heterocycles. The number of alkyl halides is 3. The number of hydrogen-bond donors (Lipinski definition) is 0. The van der Waals surface area contributed by atoms with Gasteiger partial charge in [-0.05, 0) is 23.9 Å². The Morgan fingerprint density at radius 3 is 2.13 bits per heavy atom. The van der Waals surface area contributed by atoms with Crippen molar-refractivity contribution in [3.05, 3.63) is 145 Å². The monoisotopic (exact) mass is 792 g/mol. The molecule has 0 fully saturated rings. The van der Waals surface area contributed by atoms with E-state index in [0.29, 0.717) is 17.2 Å². The molecule has 0 atom stereocenters. The van der Waals surface area contributed by atoms with Crippen molar-refractivity contribution in [3.63, 3.8) is 0 Å². The van der Waals surface area contributed by atoms with Crippen LogP contribution in [0.15, 0.2) is 108 Å².